The molecule has 1 aromatic carbocycles. The number of benzene rings is 1. The molecule has 2 rings (SSSR count). The van der Waals surface area contributed by atoms with Gasteiger partial charge in [-0.25, -0.2) is 0 Å². The largest absolute Gasteiger partial charge is 0.495 e. The molecule has 0 radical (unpaired) electrons. The van der Waals surface area contributed by atoms with Crippen LogP contribution in [0.2, 0.25) is 0 Å². The lowest BCUT2D eigenvalue weighted by Crippen LogP contribution is -2.45. The molecule has 1 fully saturated rings. The van der Waals surface area contributed by atoms with Crippen LogP contribution in [0.3, 0.4) is 0 Å². The predicted octanol–water partition coefficient (Wildman–Crippen LogP) is 2.02. The number of anilines is 1. The van der Waals surface area contributed by atoms with Crippen LogP contribution in [-0.2, 0) is 4.79 Å². The number of carbonyl (C=O) groups excluding carboxylic acids is 1. The third-order valence-electron chi connectivity index (χ3n) is 3.35. The van der Waals surface area contributed by atoms with Crippen molar-refractivity contribution in [3.8, 4) is 5.75 Å². The van der Waals surface area contributed by atoms with Gasteiger partial charge in [0.25, 0.3) is 0 Å². The molecule has 1 aliphatic rings. The Balaban J connectivity index is 2.02. The summed E-state index contributed by atoms with van der Waals surface area (Å²) in [7, 11) is 1.60. The van der Waals surface area contributed by atoms with E-state index >= 15 is 0 Å². The molecule has 18 heavy (non-hydrogen) atoms. The summed E-state index contributed by atoms with van der Waals surface area (Å²) >= 11 is 0. The monoisotopic (exact) mass is 248 g/mol. The van der Waals surface area contributed by atoms with E-state index in [0.29, 0.717) is 11.7 Å². The number of rotatable bonds is 3. The van der Waals surface area contributed by atoms with E-state index in [1.54, 1.807) is 7.11 Å². The average Bonchev–Trinajstić information content (AvgIpc) is 2.39. The van der Waals surface area contributed by atoms with Crippen LogP contribution in [0.15, 0.2) is 24.3 Å². The normalized spacial score (nSPS) is 23.4. The van der Waals surface area contributed by atoms with E-state index in [1.807, 2.05) is 24.3 Å². The maximum absolute atomic E-state index is 12.2. The molecule has 1 amide bonds. The van der Waals surface area contributed by atoms with E-state index in [2.05, 4.69) is 17.6 Å². The summed E-state index contributed by atoms with van der Waals surface area (Å²) < 4.78 is 5.22. The lowest BCUT2D eigenvalue weighted by molar-refractivity contribution is -0.119. The summed E-state index contributed by atoms with van der Waals surface area (Å²) in [6.07, 6.45) is 2.03. The van der Waals surface area contributed by atoms with Crippen molar-refractivity contribution in [3.63, 3.8) is 0 Å². The number of piperidine rings is 1. The number of hydrogen-bond acceptors (Lipinski definition) is 3. The molecule has 0 spiro atoms. The Labute approximate surface area is 108 Å². The number of amides is 1. The molecule has 4 heteroatoms. The third kappa shape index (κ3) is 3.01. The van der Waals surface area contributed by atoms with Crippen molar-refractivity contribution in [1.82, 2.24) is 5.32 Å². The van der Waals surface area contributed by atoms with Crippen molar-refractivity contribution in [2.75, 3.05) is 19.0 Å². The van der Waals surface area contributed by atoms with Crippen molar-refractivity contribution < 1.29 is 9.53 Å². The fourth-order valence-corrected chi connectivity index (χ4v) is 2.28. The van der Waals surface area contributed by atoms with Gasteiger partial charge in [0, 0.05) is 0 Å². The first-order valence-corrected chi connectivity index (χ1v) is 6.38. The third-order valence-corrected chi connectivity index (χ3v) is 3.35. The fraction of sp³-hybridized carbons (Fsp3) is 0.500. The SMILES string of the molecule is COc1ccccc1NC(=O)C1CC(C)CCN1. The minimum Gasteiger partial charge on any atom is -0.495 e. The Hall–Kier alpha value is -1.55. The van der Waals surface area contributed by atoms with Gasteiger partial charge in [-0.05, 0) is 37.4 Å². The van der Waals surface area contributed by atoms with E-state index < -0.39 is 0 Å². The van der Waals surface area contributed by atoms with Gasteiger partial charge < -0.3 is 15.4 Å². The minimum absolute atomic E-state index is 0.0195. The van der Waals surface area contributed by atoms with Crippen LogP contribution >= 0.6 is 0 Å². The van der Waals surface area contributed by atoms with Crippen LogP contribution < -0.4 is 15.4 Å². The van der Waals surface area contributed by atoms with Gasteiger partial charge in [-0.1, -0.05) is 19.1 Å². The number of ether oxygens (including phenoxy) is 1. The second-order valence-electron chi connectivity index (χ2n) is 4.83. The summed E-state index contributed by atoms with van der Waals surface area (Å²) in [6, 6.07) is 7.36. The fourth-order valence-electron chi connectivity index (χ4n) is 2.28. The molecule has 1 aliphatic heterocycles. The highest BCUT2D eigenvalue weighted by Gasteiger charge is 2.24. The van der Waals surface area contributed by atoms with Crippen molar-refractivity contribution >= 4 is 11.6 Å². The first-order valence-electron chi connectivity index (χ1n) is 6.38. The van der Waals surface area contributed by atoms with Crippen LogP contribution in [0.1, 0.15) is 19.8 Å². The van der Waals surface area contributed by atoms with E-state index in [9.17, 15) is 4.79 Å². The van der Waals surface area contributed by atoms with Crippen LogP contribution in [-0.4, -0.2) is 25.6 Å². The molecule has 4 nitrogen and oxygen atoms in total. The van der Waals surface area contributed by atoms with Gasteiger partial charge in [0.1, 0.15) is 5.75 Å². The Morgan fingerprint density at radius 3 is 2.94 bits per heavy atom. The lowest BCUT2D eigenvalue weighted by atomic mass is 9.94. The molecular formula is C14H20N2O2. The number of hydrogen-bond donors (Lipinski definition) is 2. The summed E-state index contributed by atoms with van der Waals surface area (Å²) in [5.41, 5.74) is 0.727. The Kier molecular flexibility index (Phi) is 4.20. The Bertz CT molecular complexity index is 420. The minimum atomic E-state index is -0.0985. The van der Waals surface area contributed by atoms with Gasteiger partial charge in [0.05, 0.1) is 18.8 Å². The highest BCUT2D eigenvalue weighted by atomic mass is 16.5. The average molecular weight is 248 g/mol. The van der Waals surface area contributed by atoms with E-state index in [0.717, 1.165) is 25.1 Å². The molecule has 1 aromatic rings. The number of carbonyl (C=O) groups is 1. The quantitative estimate of drug-likeness (QED) is 0.860. The second kappa shape index (κ2) is 5.87. The standard InChI is InChI=1S/C14H20N2O2/c1-10-7-8-15-12(9-10)14(17)16-11-5-3-4-6-13(11)18-2/h3-6,10,12,15H,7-9H2,1-2H3,(H,16,17). The van der Waals surface area contributed by atoms with Gasteiger partial charge in [-0.3, -0.25) is 4.79 Å². The first kappa shape index (κ1) is 12.9. The predicted molar refractivity (Wildman–Crippen MR) is 71.8 cm³/mol. The second-order valence-corrected chi connectivity index (χ2v) is 4.83. The molecule has 0 bridgehead atoms. The molecule has 1 saturated heterocycles. The molecule has 2 atom stereocenters. The van der Waals surface area contributed by atoms with Crippen molar-refractivity contribution in [1.29, 1.82) is 0 Å². The Morgan fingerprint density at radius 1 is 1.44 bits per heavy atom. The van der Waals surface area contributed by atoms with Crippen LogP contribution in [0.25, 0.3) is 0 Å². The van der Waals surface area contributed by atoms with Crippen LogP contribution in [0.4, 0.5) is 5.69 Å². The van der Waals surface area contributed by atoms with Gasteiger partial charge in [-0.2, -0.15) is 0 Å². The highest BCUT2D eigenvalue weighted by Crippen LogP contribution is 2.24. The molecule has 0 saturated carbocycles. The zero-order chi connectivity index (χ0) is 13.0. The number of methoxy groups -OCH3 is 1. The molecule has 2 unspecified atom stereocenters. The summed E-state index contributed by atoms with van der Waals surface area (Å²) in [4.78, 5) is 12.2. The van der Waals surface area contributed by atoms with Gasteiger partial charge in [0.2, 0.25) is 5.91 Å². The first-order chi connectivity index (χ1) is 8.70. The topological polar surface area (TPSA) is 50.4 Å². The summed E-state index contributed by atoms with van der Waals surface area (Å²) in [5, 5.41) is 6.18. The van der Waals surface area contributed by atoms with Gasteiger partial charge >= 0.3 is 0 Å². The summed E-state index contributed by atoms with van der Waals surface area (Å²) in [6.45, 7) is 3.09. The lowest BCUT2D eigenvalue weighted by Gasteiger charge is -2.27. The molecule has 98 valence electrons. The molecule has 2 N–H and O–H groups in total. The van der Waals surface area contributed by atoms with Gasteiger partial charge in [0.15, 0.2) is 0 Å². The highest BCUT2D eigenvalue weighted by molar-refractivity contribution is 5.96. The molecular weight excluding hydrogens is 228 g/mol. The van der Waals surface area contributed by atoms with E-state index in [1.165, 1.54) is 0 Å². The maximum atomic E-state index is 12.2. The van der Waals surface area contributed by atoms with E-state index in [-0.39, 0.29) is 11.9 Å². The number of nitrogens with one attached hydrogen (secondary N) is 2. The zero-order valence-corrected chi connectivity index (χ0v) is 10.9. The smallest absolute Gasteiger partial charge is 0.241 e. The maximum Gasteiger partial charge on any atom is 0.241 e. The molecule has 0 aromatic heterocycles. The molecule has 1 heterocycles. The van der Waals surface area contributed by atoms with Gasteiger partial charge in [-0.15, -0.1) is 0 Å². The van der Waals surface area contributed by atoms with Crippen molar-refractivity contribution in [2.24, 2.45) is 5.92 Å². The van der Waals surface area contributed by atoms with E-state index in [4.69, 9.17) is 4.74 Å². The zero-order valence-electron chi connectivity index (χ0n) is 10.9. The van der Waals surface area contributed by atoms with Crippen molar-refractivity contribution in [2.45, 2.75) is 25.8 Å². The summed E-state index contributed by atoms with van der Waals surface area (Å²) in [5.74, 6) is 1.31. The van der Waals surface area contributed by atoms with Crippen LogP contribution in [0, 0.1) is 5.92 Å². The Morgan fingerprint density at radius 2 is 2.22 bits per heavy atom. The number of para-hydroxylation sites is 2. The van der Waals surface area contributed by atoms with Crippen molar-refractivity contribution in [3.05, 3.63) is 24.3 Å². The molecule has 0 aliphatic carbocycles. The van der Waals surface area contributed by atoms with Crippen LogP contribution in [0.5, 0.6) is 5.75 Å².